The van der Waals surface area contributed by atoms with Crippen LogP contribution < -0.4 is 10.6 Å². The lowest BCUT2D eigenvalue weighted by Gasteiger charge is -2.06. The van der Waals surface area contributed by atoms with Crippen molar-refractivity contribution >= 4 is 17.9 Å². The van der Waals surface area contributed by atoms with E-state index in [0.29, 0.717) is 6.54 Å². The number of carbonyl (C=O) groups is 1. The highest BCUT2D eigenvalue weighted by molar-refractivity contribution is 6.03. The Morgan fingerprint density at radius 1 is 1.37 bits per heavy atom. The predicted octanol–water partition coefficient (Wildman–Crippen LogP) is 2.14. The van der Waals surface area contributed by atoms with E-state index in [9.17, 15) is 4.79 Å². The van der Waals surface area contributed by atoms with Gasteiger partial charge in [-0.1, -0.05) is 24.3 Å². The molecular weight excluding hydrogens is 238 g/mol. The van der Waals surface area contributed by atoms with Crippen LogP contribution in [0.15, 0.2) is 36.9 Å². The van der Waals surface area contributed by atoms with Crippen molar-refractivity contribution in [3.63, 3.8) is 0 Å². The fraction of sp³-hybridized carbons (Fsp3) is 0.200. The molecule has 0 bridgehead atoms. The molecule has 0 spiro atoms. The maximum atomic E-state index is 11.6. The van der Waals surface area contributed by atoms with Crippen molar-refractivity contribution < 1.29 is 4.79 Å². The van der Waals surface area contributed by atoms with Crippen LogP contribution in [0.2, 0.25) is 0 Å². The largest absolute Gasteiger partial charge is 0.353 e. The average molecular weight is 257 g/mol. The van der Waals surface area contributed by atoms with E-state index < -0.39 is 0 Å². The summed E-state index contributed by atoms with van der Waals surface area (Å²) in [6, 6.07) is 5.98. The minimum atomic E-state index is -0.329. The standard InChI is InChI=1S/C15H19N3O/c1-4-10-17-15(16)18-14(19)9-8-13-11(2)6-5-7-12(13)3/h4-9H,1,10H2,2-3H3,(H3,16,17,18,19). The predicted molar refractivity (Wildman–Crippen MR) is 79.0 cm³/mol. The molecule has 0 saturated carbocycles. The molecule has 100 valence electrons. The molecule has 0 saturated heterocycles. The quantitative estimate of drug-likeness (QED) is 0.335. The van der Waals surface area contributed by atoms with Crippen molar-refractivity contribution in [1.29, 1.82) is 5.41 Å². The van der Waals surface area contributed by atoms with Crippen LogP contribution >= 0.6 is 0 Å². The summed E-state index contributed by atoms with van der Waals surface area (Å²) in [4.78, 5) is 11.6. The number of amides is 1. The lowest BCUT2D eigenvalue weighted by Crippen LogP contribution is -2.39. The van der Waals surface area contributed by atoms with Gasteiger partial charge in [0.05, 0.1) is 0 Å². The number of benzene rings is 1. The number of aryl methyl sites for hydroxylation is 2. The molecule has 19 heavy (non-hydrogen) atoms. The zero-order valence-corrected chi connectivity index (χ0v) is 11.3. The van der Waals surface area contributed by atoms with Gasteiger partial charge in [0.1, 0.15) is 0 Å². The van der Waals surface area contributed by atoms with Crippen molar-refractivity contribution in [3.8, 4) is 0 Å². The van der Waals surface area contributed by atoms with Crippen molar-refractivity contribution in [3.05, 3.63) is 53.6 Å². The van der Waals surface area contributed by atoms with E-state index in [1.807, 2.05) is 32.0 Å². The minimum Gasteiger partial charge on any atom is -0.353 e. The molecule has 0 radical (unpaired) electrons. The Bertz CT molecular complexity index is 498. The summed E-state index contributed by atoms with van der Waals surface area (Å²) in [5.41, 5.74) is 3.26. The van der Waals surface area contributed by atoms with E-state index in [2.05, 4.69) is 17.2 Å². The van der Waals surface area contributed by atoms with Crippen molar-refractivity contribution in [2.45, 2.75) is 13.8 Å². The van der Waals surface area contributed by atoms with E-state index >= 15 is 0 Å². The third-order valence-corrected chi connectivity index (χ3v) is 2.61. The van der Waals surface area contributed by atoms with Crippen LogP contribution in [0.3, 0.4) is 0 Å². The SMILES string of the molecule is C=CCNC(=N)NC(=O)C=Cc1c(C)cccc1C. The summed E-state index contributed by atoms with van der Waals surface area (Å²) in [6.07, 6.45) is 4.81. The molecular formula is C15H19N3O. The van der Waals surface area contributed by atoms with Gasteiger partial charge in [-0.25, -0.2) is 0 Å². The molecule has 0 fully saturated rings. The second kappa shape index (κ2) is 7.16. The smallest absolute Gasteiger partial charge is 0.250 e. The first-order chi connectivity index (χ1) is 9.04. The van der Waals surface area contributed by atoms with Gasteiger partial charge in [0.15, 0.2) is 5.96 Å². The zero-order chi connectivity index (χ0) is 14.3. The number of nitrogens with one attached hydrogen (secondary N) is 3. The Hall–Kier alpha value is -2.36. The lowest BCUT2D eigenvalue weighted by molar-refractivity contribution is -0.115. The Balaban J connectivity index is 2.64. The van der Waals surface area contributed by atoms with Gasteiger partial charge in [0, 0.05) is 12.6 Å². The van der Waals surface area contributed by atoms with Crippen LogP contribution in [0.4, 0.5) is 0 Å². The Morgan fingerprint density at radius 2 is 2.00 bits per heavy atom. The summed E-state index contributed by atoms with van der Waals surface area (Å²) in [6.45, 7) is 7.96. The van der Waals surface area contributed by atoms with Crippen LogP contribution in [-0.4, -0.2) is 18.4 Å². The van der Waals surface area contributed by atoms with E-state index in [-0.39, 0.29) is 11.9 Å². The fourth-order valence-electron chi connectivity index (χ4n) is 1.63. The number of hydrogen-bond donors (Lipinski definition) is 3. The maximum Gasteiger partial charge on any atom is 0.250 e. The van der Waals surface area contributed by atoms with Gasteiger partial charge in [-0.2, -0.15) is 0 Å². The molecule has 1 amide bonds. The van der Waals surface area contributed by atoms with Gasteiger partial charge in [-0.05, 0) is 36.6 Å². The third kappa shape index (κ3) is 4.79. The molecule has 0 heterocycles. The van der Waals surface area contributed by atoms with Crippen LogP contribution in [0.25, 0.3) is 6.08 Å². The molecule has 0 unspecified atom stereocenters. The van der Waals surface area contributed by atoms with Crippen LogP contribution in [0.5, 0.6) is 0 Å². The normalized spacial score (nSPS) is 10.2. The molecule has 0 aliphatic carbocycles. The molecule has 0 aliphatic heterocycles. The monoisotopic (exact) mass is 257 g/mol. The highest BCUT2D eigenvalue weighted by Crippen LogP contribution is 2.14. The number of guanidine groups is 1. The van der Waals surface area contributed by atoms with Gasteiger partial charge < -0.3 is 5.32 Å². The fourth-order valence-corrected chi connectivity index (χ4v) is 1.63. The second-order valence-electron chi connectivity index (χ2n) is 4.17. The zero-order valence-electron chi connectivity index (χ0n) is 11.3. The van der Waals surface area contributed by atoms with Gasteiger partial charge in [-0.3, -0.25) is 15.5 Å². The maximum absolute atomic E-state index is 11.6. The molecule has 3 N–H and O–H groups in total. The van der Waals surface area contributed by atoms with Gasteiger partial charge >= 0.3 is 0 Å². The van der Waals surface area contributed by atoms with Crippen LogP contribution in [0.1, 0.15) is 16.7 Å². The van der Waals surface area contributed by atoms with E-state index in [4.69, 9.17) is 5.41 Å². The Kier molecular flexibility index (Phi) is 5.54. The van der Waals surface area contributed by atoms with Crippen LogP contribution in [-0.2, 0) is 4.79 Å². The summed E-state index contributed by atoms with van der Waals surface area (Å²) < 4.78 is 0. The molecule has 1 rings (SSSR count). The van der Waals surface area contributed by atoms with E-state index in [0.717, 1.165) is 16.7 Å². The van der Waals surface area contributed by atoms with Crippen molar-refractivity contribution in [2.24, 2.45) is 0 Å². The molecule has 0 aliphatic rings. The van der Waals surface area contributed by atoms with Gasteiger partial charge in [0.25, 0.3) is 5.91 Å². The molecule has 4 nitrogen and oxygen atoms in total. The third-order valence-electron chi connectivity index (χ3n) is 2.61. The minimum absolute atomic E-state index is 0.0314. The molecule has 0 aromatic heterocycles. The highest BCUT2D eigenvalue weighted by atomic mass is 16.1. The summed E-state index contributed by atoms with van der Waals surface area (Å²) >= 11 is 0. The molecule has 0 atom stereocenters. The molecule has 1 aromatic carbocycles. The van der Waals surface area contributed by atoms with E-state index in [1.54, 1.807) is 12.2 Å². The molecule has 4 heteroatoms. The number of hydrogen-bond acceptors (Lipinski definition) is 2. The van der Waals surface area contributed by atoms with Crippen LogP contribution in [0, 0.1) is 19.3 Å². The lowest BCUT2D eigenvalue weighted by atomic mass is 10.0. The highest BCUT2D eigenvalue weighted by Gasteiger charge is 2.01. The second-order valence-corrected chi connectivity index (χ2v) is 4.17. The first-order valence-electron chi connectivity index (χ1n) is 6.03. The Morgan fingerprint density at radius 3 is 2.58 bits per heavy atom. The van der Waals surface area contributed by atoms with Crippen molar-refractivity contribution in [1.82, 2.24) is 10.6 Å². The summed E-state index contributed by atoms with van der Waals surface area (Å²) in [5.74, 6) is -0.361. The molecule has 1 aromatic rings. The Labute approximate surface area is 113 Å². The summed E-state index contributed by atoms with van der Waals surface area (Å²) in [5, 5.41) is 12.6. The van der Waals surface area contributed by atoms with E-state index in [1.165, 1.54) is 6.08 Å². The van der Waals surface area contributed by atoms with Crippen molar-refractivity contribution in [2.75, 3.05) is 6.54 Å². The first kappa shape index (κ1) is 14.7. The topological polar surface area (TPSA) is 65.0 Å². The van der Waals surface area contributed by atoms with Gasteiger partial charge in [0.2, 0.25) is 0 Å². The number of carbonyl (C=O) groups excluding carboxylic acids is 1. The first-order valence-corrected chi connectivity index (χ1v) is 6.03. The summed E-state index contributed by atoms with van der Waals surface area (Å²) in [7, 11) is 0. The average Bonchev–Trinajstić information content (AvgIpc) is 2.35. The van der Waals surface area contributed by atoms with Gasteiger partial charge in [-0.15, -0.1) is 6.58 Å². The number of rotatable bonds is 4.